The average molecular weight is 195 g/mol. The minimum Gasteiger partial charge on any atom is -0.352 e. The van der Waals surface area contributed by atoms with Crippen LogP contribution in [-0.4, -0.2) is 26.8 Å². The summed E-state index contributed by atoms with van der Waals surface area (Å²) in [7, 11) is 1.97. The first-order valence-electron chi connectivity index (χ1n) is 5.07. The molecule has 5 nitrogen and oxygen atoms in total. The Balaban J connectivity index is 2.06. The van der Waals surface area contributed by atoms with Crippen molar-refractivity contribution in [2.45, 2.75) is 38.3 Å². The number of anilines is 1. The minimum absolute atomic E-state index is 0.131. The van der Waals surface area contributed by atoms with Crippen LogP contribution < -0.4 is 11.1 Å². The van der Waals surface area contributed by atoms with E-state index in [-0.39, 0.29) is 6.04 Å². The van der Waals surface area contributed by atoms with E-state index in [9.17, 15) is 0 Å². The van der Waals surface area contributed by atoms with Crippen molar-refractivity contribution in [1.29, 1.82) is 0 Å². The van der Waals surface area contributed by atoms with E-state index in [4.69, 9.17) is 5.73 Å². The van der Waals surface area contributed by atoms with E-state index in [1.165, 1.54) is 12.8 Å². The molecule has 0 bridgehead atoms. The Labute approximate surface area is 83.7 Å². The summed E-state index contributed by atoms with van der Waals surface area (Å²) >= 11 is 0. The number of rotatable bonds is 4. The van der Waals surface area contributed by atoms with Crippen LogP contribution in [0.25, 0.3) is 0 Å². The van der Waals surface area contributed by atoms with Gasteiger partial charge >= 0.3 is 0 Å². The van der Waals surface area contributed by atoms with Gasteiger partial charge in [-0.3, -0.25) is 0 Å². The third kappa shape index (κ3) is 2.04. The molecule has 5 heteroatoms. The first kappa shape index (κ1) is 9.45. The van der Waals surface area contributed by atoms with Crippen LogP contribution in [-0.2, 0) is 13.5 Å². The van der Waals surface area contributed by atoms with E-state index in [1.807, 2.05) is 18.5 Å². The zero-order valence-electron chi connectivity index (χ0n) is 8.70. The highest BCUT2D eigenvalue weighted by molar-refractivity contribution is 5.29. The Bertz CT molecular complexity index is 292. The second kappa shape index (κ2) is 3.57. The molecular formula is C9H17N5. The molecule has 0 radical (unpaired) electrons. The van der Waals surface area contributed by atoms with E-state index in [2.05, 4.69) is 15.5 Å². The van der Waals surface area contributed by atoms with Crippen LogP contribution in [0.1, 0.15) is 25.6 Å². The van der Waals surface area contributed by atoms with Crippen molar-refractivity contribution in [3.05, 3.63) is 5.82 Å². The molecule has 0 saturated heterocycles. The highest BCUT2D eigenvalue weighted by Gasteiger charge is 2.23. The molecule has 1 aliphatic rings. The topological polar surface area (TPSA) is 68.8 Å². The predicted molar refractivity (Wildman–Crippen MR) is 55.0 cm³/mol. The second-order valence-corrected chi connectivity index (χ2v) is 4.10. The standard InChI is InChI=1S/C9H17N5/c1-6(10)5-8-12-13-9(14(8)2)11-7-3-4-7/h6-7H,3-5,10H2,1-2H3,(H,11,13). The average Bonchev–Trinajstić information content (AvgIpc) is 2.86. The molecule has 0 aromatic carbocycles. The second-order valence-electron chi connectivity index (χ2n) is 4.10. The van der Waals surface area contributed by atoms with E-state index >= 15 is 0 Å². The van der Waals surface area contributed by atoms with Gasteiger partial charge in [0.15, 0.2) is 0 Å². The van der Waals surface area contributed by atoms with Crippen LogP contribution in [0.5, 0.6) is 0 Å². The molecule has 0 aliphatic heterocycles. The quantitative estimate of drug-likeness (QED) is 0.724. The molecule has 1 unspecified atom stereocenters. The van der Waals surface area contributed by atoms with Crippen molar-refractivity contribution in [2.24, 2.45) is 12.8 Å². The van der Waals surface area contributed by atoms with E-state index in [0.29, 0.717) is 6.04 Å². The number of nitrogens with one attached hydrogen (secondary N) is 1. The third-order valence-electron chi connectivity index (χ3n) is 2.38. The molecule has 1 saturated carbocycles. The van der Waals surface area contributed by atoms with Gasteiger partial charge in [0.05, 0.1) is 0 Å². The summed E-state index contributed by atoms with van der Waals surface area (Å²) in [6.07, 6.45) is 3.26. The lowest BCUT2D eigenvalue weighted by Gasteiger charge is -2.06. The van der Waals surface area contributed by atoms with Gasteiger partial charge in [-0.05, 0) is 19.8 Å². The fourth-order valence-electron chi connectivity index (χ4n) is 1.36. The smallest absolute Gasteiger partial charge is 0.224 e. The van der Waals surface area contributed by atoms with Gasteiger partial charge in [-0.2, -0.15) is 0 Å². The Kier molecular flexibility index (Phi) is 2.41. The number of hydrogen-bond acceptors (Lipinski definition) is 4. The summed E-state index contributed by atoms with van der Waals surface area (Å²) in [6.45, 7) is 1.97. The van der Waals surface area contributed by atoms with Crippen LogP contribution in [0, 0.1) is 0 Å². The van der Waals surface area contributed by atoms with Gasteiger partial charge in [-0.15, -0.1) is 10.2 Å². The summed E-state index contributed by atoms with van der Waals surface area (Å²) in [5.41, 5.74) is 5.71. The van der Waals surface area contributed by atoms with Crippen LogP contribution in [0.15, 0.2) is 0 Å². The fraction of sp³-hybridized carbons (Fsp3) is 0.778. The van der Waals surface area contributed by atoms with Crippen LogP contribution in [0.3, 0.4) is 0 Å². The fourth-order valence-corrected chi connectivity index (χ4v) is 1.36. The number of nitrogens with two attached hydrogens (primary N) is 1. The van der Waals surface area contributed by atoms with Gasteiger partial charge in [-0.1, -0.05) is 0 Å². The molecular weight excluding hydrogens is 178 g/mol. The van der Waals surface area contributed by atoms with Crippen molar-refractivity contribution >= 4 is 5.95 Å². The van der Waals surface area contributed by atoms with Crippen LogP contribution >= 0.6 is 0 Å². The molecule has 14 heavy (non-hydrogen) atoms. The molecule has 1 atom stereocenters. The maximum Gasteiger partial charge on any atom is 0.224 e. The van der Waals surface area contributed by atoms with E-state index in [0.717, 1.165) is 18.2 Å². The molecule has 2 rings (SSSR count). The monoisotopic (exact) mass is 195 g/mol. The van der Waals surface area contributed by atoms with Gasteiger partial charge in [0.1, 0.15) is 5.82 Å². The maximum absolute atomic E-state index is 5.71. The van der Waals surface area contributed by atoms with Crippen molar-refractivity contribution in [3.8, 4) is 0 Å². The highest BCUT2D eigenvalue weighted by Crippen LogP contribution is 2.23. The number of nitrogens with zero attached hydrogens (tertiary/aromatic N) is 3. The van der Waals surface area contributed by atoms with Crippen molar-refractivity contribution in [1.82, 2.24) is 14.8 Å². The Hall–Kier alpha value is -1.10. The lowest BCUT2D eigenvalue weighted by molar-refractivity contribution is 0.671. The largest absolute Gasteiger partial charge is 0.352 e. The zero-order chi connectivity index (χ0) is 10.1. The maximum atomic E-state index is 5.71. The first-order valence-corrected chi connectivity index (χ1v) is 5.07. The number of hydrogen-bond donors (Lipinski definition) is 2. The van der Waals surface area contributed by atoms with Crippen LogP contribution in [0.2, 0.25) is 0 Å². The Morgan fingerprint density at radius 1 is 1.57 bits per heavy atom. The normalized spacial score (nSPS) is 18.2. The van der Waals surface area contributed by atoms with Crippen molar-refractivity contribution in [2.75, 3.05) is 5.32 Å². The molecule has 1 heterocycles. The van der Waals surface area contributed by atoms with E-state index < -0.39 is 0 Å². The van der Waals surface area contributed by atoms with Gasteiger partial charge in [0.25, 0.3) is 0 Å². The lowest BCUT2D eigenvalue weighted by atomic mass is 10.2. The molecule has 3 N–H and O–H groups in total. The Morgan fingerprint density at radius 3 is 2.86 bits per heavy atom. The lowest BCUT2D eigenvalue weighted by Crippen LogP contribution is -2.20. The minimum atomic E-state index is 0.131. The SMILES string of the molecule is CC(N)Cc1nnc(NC2CC2)n1C. The highest BCUT2D eigenvalue weighted by atomic mass is 15.3. The molecule has 0 amide bonds. The van der Waals surface area contributed by atoms with Crippen molar-refractivity contribution < 1.29 is 0 Å². The van der Waals surface area contributed by atoms with Gasteiger partial charge in [0, 0.05) is 25.6 Å². The van der Waals surface area contributed by atoms with Gasteiger partial charge in [0.2, 0.25) is 5.95 Å². The number of aromatic nitrogens is 3. The zero-order valence-corrected chi connectivity index (χ0v) is 8.70. The third-order valence-corrected chi connectivity index (χ3v) is 2.38. The predicted octanol–water partition coefficient (Wildman–Crippen LogP) is 0.279. The van der Waals surface area contributed by atoms with Gasteiger partial charge < -0.3 is 15.6 Å². The summed E-state index contributed by atoms with van der Waals surface area (Å²) < 4.78 is 1.99. The summed E-state index contributed by atoms with van der Waals surface area (Å²) in [5, 5.41) is 11.5. The van der Waals surface area contributed by atoms with Gasteiger partial charge in [-0.25, -0.2) is 0 Å². The molecule has 1 aromatic rings. The summed E-state index contributed by atoms with van der Waals surface area (Å²) in [6, 6.07) is 0.743. The van der Waals surface area contributed by atoms with E-state index in [1.54, 1.807) is 0 Å². The molecule has 1 aromatic heterocycles. The van der Waals surface area contributed by atoms with Crippen LogP contribution in [0.4, 0.5) is 5.95 Å². The Morgan fingerprint density at radius 2 is 2.29 bits per heavy atom. The first-order chi connectivity index (χ1) is 6.66. The molecule has 0 spiro atoms. The molecule has 78 valence electrons. The van der Waals surface area contributed by atoms with Crippen molar-refractivity contribution in [3.63, 3.8) is 0 Å². The molecule has 1 aliphatic carbocycles. The summed E-state index contributed by atoms with van der Waals surface area (Å²) in [5.74, 6) is 1.81. The summed E-state index contributed by atoms with van der Waals surface area (Å²) in [4.78, 5) is 0. The molecule has 1 fully saturated rings.